The number of anilines is 1. The van der Waals surface area contributed by atoms with Gasteiger partial charge >= 0.3 is 0 Å². The minimum atomic E-state index is -0.255. The van der Waals surface area contributed by atoms with Crippen LogP contribution in [0, 0.1) is 0 Å². The molecule has 5 nitrogen and oxygen atoms in total. The summed E-state index contributed by atoms with van der Waals surface area (Å²) in [6, 6.07) is 9.22. The first-order valence-electron chi connectivity index (χ1n) is 4.48. The third-order valence-electron chi connectivity index (χ3n) is 1.86. The number of nitrogens with zero attached hydrogens (tertiary/aromatic N) is 3. The molecule has 76 valence electrons. The second-order valence-corrected chi connectivity index (χ2v) is 3.04. The summed E-state index contributed by atoms with van der Waals surface area (Å²) >= 11 is 0. The van der Waals surface area contributed by atoms with Crippen LogP contribution in [0.25, 0.3) is 0 Å². The zero-order valence-corrected chi connectivity index (χ0v) is 8.21. The van der Waals surface area contributed by atoms with E-state index in [1.54, 1.807) is 7.05 Å². The quantitative estimate of drug-likeness (QED) is 0.792. The van der Waals surface area contributed by atoms with Crippen LogP contribution in [0.5, 0.6) is 0 Å². The summed E-state index contributed by atoms with van der Waals surface area (Å²) in [5.74, 6) is -0.255. The molecular formula is C10H10N4O. The SMILES string of the molecule is Cn1ncc(C(=O)Nc2ccccc2)n1. The maximum absolute atomic E-state index is 11.6. The summed E-state index contributed by atoms with van der Waals surface area (Å²) in [5.41, 5.74) is 1.05. The third-order valence-corrected chi connectivity index (χ3v) is 1.86. The van der Waals surface area contributed by atoms with Gasteiger partial charge in [0.2, 0.25) is 0 Å². The molecule has 1 N–H and O–H groups in total. The Labute approximate surface area is 86.7 Å². The van der Waals surface area contributed by atoms with Gasteiger partial charge in [-0.15, -0.1) is 5.10 Å². The van der Waals surface area contributed by atoms with E-state index in [1.165, 1.54) is 11.0 Å². The van der Waals surface area contributed by atoms with E-state index in [0.29, 0.717) is 5.69 Å². The van der Waals surface area contributed by atoms with Crippen molar-refractivity contribution in [2.24, 2.45) is 7.05 Å². The molecule has 2 aromatic rings. The van der Waals surface area contributed by atoms with E-state index in [1.807, 2.05) is 30.3 Å². The van der Waals surface area contributed by atoms with Crippen molar-refractivity contribution in [2.75, 3.05) is 5.32 Å². The van der Waals surface area contributed by atoms with Crippen LogP contribution in [0.15, 0.2) is 36.5 Å². The van der Waals surface area contributed by atoms with Crippen LogP contribution in [0.2, 0.25) is 0 Å². The number of amides is 1. The van der Waals surface area contributed by atoms with Crippen LogP contribution < -0.4 is 5.32 Å². The molecule has 1 aromatic heterocycles. The van der Waals surface area contributed by atoms with E-state index in [9.17, 15) is 4.79 Å². The van der Waals surface area contributed by atoms with Crippen LogP contribution in [0.3, 0.4) is 0 Å². The van der Waals surface area contributed by atoms with E-state index in [-0.39, 0.29) is 5.91 Å². The normalized spacial score (nSPS) is 9.93. The number of benzene rings is 1. The van der Waals surface area contributed by atoms with Crippen LogP contribution in [-0.4, -0.2) is 20.9 Å². The van der Waals surface area contributed by atoms with Crippen molar-refractivity contribution in [1.82, 2.24) is 15.0 Å². The van der Waals surface area contributed by atoms with Crippen LogP contribution >= 0.6 is 0 Å². The molecule has 0 spiro atoms. The summed E-state index contributed by atoms with van der Waals surface area (Å²) in [6.45, 7) is 0. The highest BCUT2D eigenvalue weighted by atomic mass is 16.2. The maximum atomic E-state index is 11.6. The molecule has 0 aliphatic heterocycles. The molecule has 5 heteroatoms. The first kappa shape index (κ1) is 9.39. The Morgan fingerprint density at radius 1 is 1.33 bits per heavy atom. The number of aromatic nitrogens is 3. The van der Waals surface area contributed by atoms with Crippen molar-refractivity contribution >= 4 is 11.6 Å². The van der Waals surface area contributed by atoms with Crippen LogP contribution in [0.4, 0.5) is 5.69 Å². The standard InChI is InChI=1S/C10H10N4O/c1-14-11-7-9(13-14)10(15)12-8-5-3-2-4-6-8/h2-7H,1H3,(H,12,15). The maximum Gasteiger partial charge on any atom is 0.277 e. The van der Waals surface area contributed by atoms with Crippen molar-refractivity contribution in [2.45, 2.75) is 0 Å². The van der Waals surface area contributed by atoms with Gasteiger partial charge in [-0.1, -0.05) is 18.2 Å². The fourth-order valence-corrected chi connectivity index (χ4v) is 1.17. The molecule has 1 aromatic carbocycles. The highest BCUT2D eigenvalue weighted by molar-refractivity contribution is 6.02. The Kier molecular flexibility index (Phi) is 2.45. The molecular weight excluding hydrogens is 192 g/mol. The van der Waals surface area contributed by atoms with Crippen molar-refractivity contribution in [3.8, 4) is 0 Å². The van der Waals surface area contributed by atoms with Crippen molar-refractivity contribution in [3.05, 3.63) is 42.2 Å². The number of aryl methyl sites for hydroxylation is 1. The molecule has 15 heavy (non-hydrogen) atoms. The summed E-state index contributed by atoms with van der Waals surface area (Å²) in [6.07, 6.45) is 1.43. The van der Waals surface area contributed by atoms with Crippen LogP contribution in [-0.2, 0) is 7.05 Å². The van der Waals surface area contributed by atoms with Gasteiger partial charge in [0.1, 0.15) is 0 Å². The fraction of sp³-hybridized carbons (Fsp3) is 0.100. The minimum Gasteiger partial charge on any atom is -0.321 e. The van der Waals surface area contributed by atoms with Gasteiger partial charge in [0.05, 0.1) is 6.20 Å². The Morgan fingerprint density at radius 3 is 2.67 bits per heavy atom. The van der Waals surface area contributed by atoms with E-state index in [2.05, 4.69) is 15.5 Å². The third kappa shape index (κ3) is 2.19. The van der Waals surface area contributed by atoms with Gasteiger partial charge in [-0.25, -0.2) is 0 Å². The Bertz CT molecular complexity index is 463. The largest absolute Gasteiger partial charge is 0.321 e. The molecule has 1 amide bonds. The zero-order chi connectivity index (χ0) is 10.7. The second kappa shape index (κ2) is 3.91. The van der Waals surface area contributed by atoms with E-state index in [0.717, 1.165) is 5.69 Å². The monoisotopic (exact) mass is 202 g/mol. The molecule has 0 saturated heterocycles. The summed E-state index contributed by atoms with van der Waals surface area (Å²) < 4.78 is 0. The molecule has 0 aliphatic rings. The number of hydrogen-bond acceptors (Lipinski definition) is 3. The lowest BCUT2D eigenvalue weighted by Gasteiger charge is -2.00. The summed E-state index contributed by atoms with van der Waals surface area (Å²) in [4.78, 5) is 12.9. The van der Waals surface area contributed by atoms with Gasteiger partial charge in [0.25, 0.3) is 5.91 Å². The molecule has 0 unspecified atom stereocenters. The van der Waals surface area contributed by atoms with Gasteiger partial charge in [0, 0.05) is 12.7 Å². The molecule has 0 saturated carbocycles. The molecule has 1 heterocycles. The first-order chi connectivity index (χ1) is 7.25. The lowest BCUT2D eigenvalue weighted by atomic mass is 10.3. The lowest BCUT2D eigenvalue weighted by Crippen LogP contribution is -2.12. The average Bonchev–Trinajstić information content (AvgIpc) is 2.66. The van der Waals surface area contributed by atoms with Gasteiger partial charge in [0.15, 0.2) is 5.69 Å². The zero-order valence-electron chi connectivity index (χ0n) is 8.21. The van der Waals surface area contributed by atoms with Crippen LogP contribution in [0.1, 0.15) is 10.5 Å². The molecule has 0 fully saturated rings. The Morgan fingerprint density at radius 2 is 2.07 bits per heavy atom. The highest BCUT2D eigenvalue weighted by Crippen LogP contribution is 2.06. The van der Waals surface area contributed by atoms with Gasteiger partial charge in [-0.3, -0.25) is 4.79 Å². The van der Waals surface area contributed by atoms with E-state index in [4.69, 9.17) is 0 Å². The smallest absolute Gasteiger partial charge is 0.277 e. The van der Waals surface area contributed by atoms with Gasteiger partial charge in [-0.05, 0) is 12.1 Å². The number of carbonyl (C=O) groups excluding carboxylic acids is 1. The van der Waals surface area contributed by atoms with Gasteiger partial charge < -0.3 is 5.32 Å². The Hall–Kier alpha value is -2.17. The van der Waals surface area contributed by atoms with Crippen molar-refractivity contribution < 1.29 is 4.79 Å². The van der Waals surface area contributed by atoms with Gasteiger partial charge in [-0.2, -0.15) is 9.90 Å². The summed E-state index contributed by atoms with van der Waals surface area (Å²) in [7, 11) is 1.67. The predicted octanol–water partition coefficient (Wildman–Crippen LogP) is 1.07. The van der Waals surface area contributed by atoms with Crippen molar-refractivity contribution in [3.63, 3.8) is 0 Å². The average molecular weight is 202 g/mol. The molecule has 0 radical (unpaired) electrons. The number of para-hydroxylation sites is 1. The number of rotatable bonds is 2. The number of nitrogens with one attached hydrogen (secondary N) is 1. The fourth-order valence-electron chi connectivity index (χ4n) is 1.17. The molecule has 2 rings (SSSR count). The minimum absolute atomic E-state index is 0.255. The molecule has 0 bridgehead atoms. The molecule has 0 aliphatic carbocycles. The first-order valence-corrected chi connectivity index (χ1v) is 4.48. The number of carbonyl (C=O) groups is 1. The summed E-state index contributed by atoms with van der Waals surface area (Å²) in [5, 5.41) is 10.4. The Balaban J connectivity index is 2.11. The van der Waals surface area contributed by atoms with E-state index < -0.39 is 0 Å². The van der Waals surface area contributed by atoms with E-state index >= 15 is 0 Å². The topological polar surface area (TPSA) is 59.8 Å². The highest BCUT2D eigenvalue weighted by Gasteiger charge is 2.09. The second-order valence-electron chi connectivity index (χ2n) is 3.04. The predicted molar refractivity (Wildman–Crippen MR) is 55.4 cm³/mol. The number of hydrogen-bond donors (Lipinski definition) is 1. The lowest BCUT2D eigenvalue weighted by molar-refractivity contribution is 0.102. The molecule has 0 atom stereocenters. The van der Waals surface area contributed by atoms with Crippen molar-refractivity contribution in [1.29, 1.82) is 0 Å².